The normalized spacial score (nSPS) is 10.7. The minimum absolute atomic E-state index is 0.106. The highest BCUT2D eigenvalue weighted by Gasteiger charge is 2.08. The number of aromatic nitrogens is 2. The number of aryl methyl sites for hydroxylation is 1. The lowest BCUT2D eigenvalue weighted by Crippen LogP contribution is -2.25. The molecule has 0 aromatic carbocycles. The van der Waals surface area contributed by atoms with Crippen molar-refractivity contribution in [3.63, 3.8) is 0 Å². The van der Waals surface area contributed by atoms with Crippen molar-refractivity contribution in [2.24, 2.45) is 0 Å². The van der Waals surface area contributed by atoms with Gasteiger partial charge in [0.25, 0.3) is 5.91 Å². The van der Waals surface area contributed by atoms with Gasteiger partial charge in [0.15, 0.2) is 0 Å². The van der Waals surface area contributed by atoms with Gasteiger partial charge in [-0.2, -0.15) is 0 Å². The van der Waals surface area contributed by atoms with E-state index in [1.165, 1.54) is 9.75 Å². The molecule has 0 atom stereocenters. The first kappa shape index (κ1) is 16.3. The van der Waals surface area contributed by atoms with Gasteiger partial charge in [0.2, 0.25) is 0 Å². The summed E-state index contributed by atoms with van der Waals surface area (Å²) in [5, 5.41) is 6.07. The number of halogens is 1. The van der Waals surface area contributed by atoms with Gasteiger partial charge in [-0.3, -0.25) is 9.78 Å². The number of nitrogens with zero attached hydrogens (tertiary/aromatic N) is 2. The molecular weight excluding hydrogens is 394 g/mol. The van der Waals surface area contributed by atoms with Crippen LogP contribution in [0.4, 0.5) is 0 Å². The van der Waals surface area contributed by atoms with Crippen LogP contribution in [-0.2, 0) is 6.42 Å². The van der Waals surface area contributed by atoms with Gasteiger partial charge < -0.3 is 5.32 Å². The summed E-state index contributed by atoms with van der Waals surface area (Å²) < 4.78 is 0.798. The smallest absolute Gasteiger partial charge is 0.252 e. The summed E-state index contributed by atoms with van der Waals surface area (Å²) >= 11 is 6.70. The number of nitrogens with one attached hydrogen (secondary N) is 1. The monoisotopic (exact) mass is 407 g/mol. The molecule has 0 aliphatic heterocycles. The minimum atomic E-state index is -0.106. The average Bonchev–Trinajstić information content (AvgIpc) is 3.16. The Hall–Kier alpha value is -1.57. The number of amides is 1. The summed E-state index contributed by atoms with van der Waals surface area (Å²) in [6, 6.07) is 5.95. The topological polar surface area (TPSA) is 54.9 Å². The van der Waals surface area contributed by atoms with Crippen molar-refractivity contribution in [3.8, 4) is 10.6 Å². The molecular formula is C16H14BrN3OS2. The Morgan fingerprint density at radius 3 is 2.96 bits per heavy atom. The zero-order valence-corrected chi connectivity index (χ0v) is 15.6. The van der Waals surface area contributed by atoms with Gasteiger partial charge in [0.05, 0.1) is 21.1 Å². The fourth-order valence-electron chi connectivity index (χ4n) is 2.06. The summed E-state index contributed by atoms with van der Waals surface area (Å²) in [6.07, 6.45) is 4.03. The lowest BCUT2D eigenvalue weighted by molar-refractivity contribution is 0.0954. The van der Waals surface area contributed by atoms with Crippen LogP contribution in [0.5, 0.6) is 0 Å². The van der Waals surface area contributed by atoms with Gasteiger partial charge in [0.1, 0.15) is 0 Å². The Kier molecular flexibility index (Phi) is 5.20. The van der Waals surface area contributed by atoms with Crippen molar-refractivity contribution in [1.29, 1.82) is 0 Å². The third-order valence-corrected chi connectivity index (χ3v) is 5.53. The van der Waals surface area contributed by atoms with Crippen LogP contribution in [0.2, 0.25) is 0 Å². The van der Waals surface area contributed by atoms with Crippen molar-refractivity contribution in [2.45, 2.75) is 13.3 Å². The zero-order valence-electron chi connectivity index (χ0n) is 12.4. The van der Waals surface area contributed by atoms with E-state index < -0.39 is 0 Å². The third kappa shape index (κ3) is 4.25. The predicted molar refractivity (Wildman–Crippen MR) is 98.1 cm³/mol. The molecule has 0 unspecified atom stereocenters. The lowest BCUT2D eigenvalue weighted by atomic mass is 10.2. The van der Waals surface area contributed by atoms with Crippen molar-refractivity contribution < 1.29 is 4.79 Å². The molecule has 1 amide bonds. The molecule has 0 fully saturated rings. The molecule has 0 aliphatic carbocycles. The Bertz CT molecular complexity index is 828. The van der Waals surface area contributed by atoms with Gasteiger partial charge in [0, 0.05) is 33.7 Å². The van der Waals surface area contributed by atoms with E-state index in [2.05, 4.69) is 48.7 Å². The SMILES string of the molecule is Cc1nc(-c2ccc(CCNC(=O)c3cncc(Br)c3)s2)cs1. The Balaban J connectivity index is 1.55. The maximum absolute atomic E-state index is 12.0. The standard InChI is InChI=1S/C16H14BrN3OS2/c1-10-20-14(9-22-10)15-3-2-13(23-15)4-5-19-16(21)11-6-12(17)8-18-7-11/h2-3,6-9H,4-5H2,1H3,(H,19,21). The molecule has 4 nitrogen and oxygen atoms in total. The molecule has 118 valence electrons. The number of thiophene rings is 1. The van der Waals surface area contributed by atoms with Crippen molar-refractivity contribution in [3.05, 3.63) is 55.9 Å². The third-order valence-electron chi connectivity index (χ3n) is 3.16. The van der Waals surface area contributed by atoms with Crippen LogP contribution in [0, 0.1) is 6.92 Å². The molecule has 7 heteroatoms. The molecule has 0 radical (unpaired) electrons. The second-order valence-electron chi connectivity index (χ2n) is 4.92. The van der Waals surface area contributed by atoms with Crippen molar-refractivity contribution >= 4 is 44.5 Å². The van der Waals surface area contributed by atoms with Crippen LogP contribution < -0.4 is 5.32 Å². The molecule has 0 aliphatic rings. The van der Waals surface area contributed by atoms with Crippen LogP contribution in [0.15, 0.2) is 40.4 Å². The lowest BCUT2D eigenvalue weighted by Gasteiger charge is -2.04. The summed E-state index contributed by atoms with van der Waals surface area (Å²) in [4.78, 5) is 22.9. The largest absolute Gasteiger partial charge is 0.352 e. The molecule has 23 heavy (non-hydrogen) atoms. The number of rotatable bonds is 5. The van der Waals surface area contributed by atoms with Crippen LogP contribution in [-0.4, -0.2) is 22.4 Å². The van der Waals surface area contributed by atoms with E-state index in [0.29, 0.717) is 12.1 Å². The molecule has 0 saturated carbocycles. The average molecular weight is 408 g/mol. The number of hydrogen-bond acceptors (Lipinski definition) is 5. The highest BCUT2D eigenvalue weighted by Crippen LogP contribution is 2.29. The molecule has 3 aromatic rings. The van der Waals surface area contributed by atoms with Gasteiger partial charge >= 0.3 is 0 Å². The number of pyridine rings is 1. The molecule has 3 rings (SSSR count). The number of carbonyl (C=O) groups excluding carboxylic acids is 1. The van der Waals surface area contributed by atoms with E-state index in [0.717, 1.165) is 21.6 Å². The van der Waals surface area contributed by atoms with E-state index >= 15 is 0 Å². The Morgan fingerprint density at radius 1 is 1.35 bits per heavy atom. The maximum atomic E-state index is 12.0. The van der Waals surface area contributed by atoms with Crippen LogP contribution in [0.25, 0.3) is 10.6 Å². The van der Waals surface area contributed by atoms with E-state index in [4.69, 9.17) is 0 Å². The van der Waals surface area contributed by atoms with Gasteiger partial charge in [-0.1, -0.05) is 0 Å². The molecule has 0 saturated heterocycles. The van der Waals surface area contributed by atoms with Gasteiger partial charge in [-0.05, 0) is 47.5 Å². The summed E-state index contributed by atoms with van der Waals surface area (Å²) in [7, 11) is 0. The second-order valence-corrected chi connectivity index (χ2v) is 8.06. The van der Waals surface area contributed by atoms with E-state index in [1.807, 2.05) is 6.92 Å². The molecule has 3 heterocycles. The fraction of sp³-hybridized carbons (Fsp3) is 0.188. The van der Waals surface area contributed by atoms with E-state index in [1.54, 1.807) is 41.1 Å². The summed E-state index contributed by atoms with van der Waals surface area (Å²) in [5.74, 6) is -0.106. The predicted octanol–water partition coefficient (Wildman–Crippen LogP) is 4.31. The van der Waals surface area contributed by atoms with Gasteiger partial charge in [-0.15, -0.1) is 22.7 Å². The fourth-order valence-corrected chi connectivity index (χ4v) is 4.08. The van der Waals surface area contributed by atoms with Crippen LogP contribution in [0.1, 0.15) is 20.2 Å². The van der Waals surface area contributed by atoms with E-state index in [-0.39, 0.29) is 5.91 Å². The Labute approximate surface area is 150 Å². The quantitative estimate of drug-likeness (QED) is 0.685. The summed E-state index contributed by atoms with van der Waals surface area (Å²) in [6.45, 7) is 2.61. The first-order chi connectivity index (χ1) is 11.1. The minimum Gasteiger partial charge on any atom is -0.352 e. The summed E-state index contributed by atoms with van der Waals surface area (Å²) in [5.41, 5.74) is 1.59. The highest BCUT2D eigenvalue weighted by molar-refractivity contribution is 9.10. The number of thiazole rings is 1. The van der Waals surface area contributed by atoms with E-state index in [9.17, 15) is 4.79 Å². The first-order valence-corrected chi connectivity index (χ1v) is 9.51. The van der Waals surface area contributed by atoms with Crippen molar-refractivity contribution in [2.75, 3.05) is 6.54 Å². The highest BCUT2D eigenvalue weighted by atomic mass is 79.9. The van der Waals surface area contributed by atoms with Crippen molar-refractivity contribution in [1.82, 2.24) is 15.3 Å². The zero-order chi connectivity index (χ0) is 16.2. The molecule has 0 spiro atoms. The maximum Gasteiger partial charge on any atom is 0.252 e. The number of carbonyl (C=O) groups is 1. The van der Waals surface area contributed by atoms with Crippen LogP contribution in [0.3, 0.4) is 0 Å². The Morgan fingerprint density at radius 2 is 2.22 bits per heavy atom. The van der Waals surface area contributed by atoms with Gasteiger partial charge in [-0.25, -0.2) is 4.98 Å². The molecule has 3 aromatic heterocycles. The first-order valence-electron chi connectivity index (χ1n) is 7.02. The molecule has 1 N–H and O–H groups in total. The molecule has 0 bridgehead atoms. The number of hydrogen-bond donors (Lipinski definition) is 1. The van der Waals surface area contributed by atoms with Crippen LogP contribution >= 0.6 is 38.6 Å². The second kappa shape index (κ2) is 7.33.